The smallest absolute Gasteiger partial charge is 0.251 e. The van der Waals surface area contributed by atoms with Crippen LogP contribution in [0.3, 0.4) is 0 Å². The number of rotatable bonds is 6. The van der Waals surface area contributed by atoms with Crippen molar-refractivity contribution in [1.29, 1.82) is 0 Å². The third-order valence-corrected chi connectivity index (χ3v) is 7.78. The lowest BCUT2D eigenvalue weighted by atomic mass is 10.00. The van der Waals surface area contributed by atoms with Gasteiger partial charge in [-0.05, 0) is 61.1 Å². The summed E-state index contributed by atoms with van der Waals surface area (Å²) in [7, 11) is -3.23. The van der Waals surface area contributed by atoms with Crippen LogP contribution in [0, 0.1) is 0 Å². The van der Waals surface area contributed by atoms with Crippen LogP contribution < -0.4 is 9.62 Å². The molecule has 160 valence electrons. The summed E-state index contributed by atoms with van der Waals surface area (Å²) in [6, 6.07) is 15.5. The molecule has 2 aliphatic rings. The topological polar surface area (TPSA) is 69.7 Å². The first-order valence-electron chi connectivity index (χ1n) is 10.7. The summed E-state index contributed by atoms with van der Waals surface area (Å²) >= 11 is 0. The minimum absolute atomic E-state index is 0.118. The summed E-state index contributed by atoms with van der Waals surface area (Å²) in [5.41, 5.74) is 4.04. The molecule has 30 heavy (non-hydrogen) atoms. The summed E-state index contributed by atoms with van der Waals surface area (Å²) in [6.07, 6.45) is 3.56. The van der Waals surface area contributed by atoms with Crippen molar-refractivity contribution in [1.82, 2.24) is 10.2 Å². The fourth-order valence-electron chi connectivity index (χ4n) is 4.21. The Balaban J connectivity index is 1.24. The van der Waals surface area contributed by atoms with Crippen LogP contribution in [-0.4, -0.2) is 51.2 Å². The van der Waals surface area contributed by atoms with Crippen molar-refractivity contribution < 1.29 is 13.2 Å². The second-order valence-electron chi connectivity index (χ2n) is 8.05. The monoisotopic (exact) mass is 427 g/mol. The number of benzene rings is 2. The third-order valence-electron chi connectivity index (χ3n) is 5.91. The standard InChI is InChI=1S/C23H29N3O3S/c27-23(20-8-10-22(11-9-20)26-15-3-4-17-30(26,28)29)24-13-5-14-25-16-12-19-6-1-2-7-21(19)18-25/h1-2,6-11H,3-5,12-18H2,(H,24,27). The zero-order valence-electron chi connectivity index (χ0n) is 17.2. The van der Waals surface area contributed by atoms with Crippen molar-refractivity contribution in [3.63, 3.8) is 0 Å². The van der Waals surface area contributed by atoms with Gasteiger partial charge >= 0.3 is 0 Å². The van der Waals surface area contributed by atoms with Gasteiger partial charge in [-0.15, -0.1) is 0 Å². The van der Waals surface area contributed by atoms with Crippen LogP contribution in [0.15, 0.2) is 48.5 Å². The van der Waals surface area contributed by atoms with Crippen molar-refractivity contribution in [2.75, 3.05) is 36.2 Å². The number of anilines is 1. The zero-order chi connectivity index (χ0) is 21.0. The van der Waals surface area contributed by atoms with Gasteiger partial charge in [0.1, 0.15) is 0 Å². The number of fused-ring (bicyclic) bond motifs is 1. The average Bonchev–Trinajstić information content (AvgIpc) is 2.76. The highest BCUT2D eigenvalue weighted by atomic mass is 32.2. The molecule has 0 aliphatic carbocycles. The predicted octanol–water partition coefficient (Wildman–Crippen LogP) is 2.79. The first-order valence-corrected chi connectivity index (χ1v) is 12.3. The molecule has 7 heteroatoms. The molecule has 4 rings (SSSR count). The molecule has 0 aromatic heterocycles. The molecule has 2 aromatic carbocycles. The van der Waals surface area contributed by atoms with E-state index in [-0.39, 0.29) is 11.7 Å². The Morgan fingerprint density at radius 1 is 0.967 bits per heavy atom. The van der Waals surface area contributed by atoms with Crippen LogP contribution in [0.1, 0.15) is 40.7 Å². The molecule has 6 nitrogen and oxygen atoms in total. The number of hydrogen-bond donors (Lipinski definition) is 1. The molecule has 0 bridgehead atoms. The zero-order valence-corrected chi connectivity index (χ0v) is 18.0. The van der Waals surface area contributed by atoms with Crippen LogP contribution in [0.4, 0.5) is 5.69 Å². The highest BCUT2D eigenvalue weighted by molar-refractivity contribution is 7.92. The van der Waals surface area contributed by atoms with E-state index in [4.69, 9.17) is 0 Å². The molecule has 1 amide bonds. The van der Waals surface area contributed by atoms with Crippen LogP contribution in [0.25, 0.3) is 0 Å². The van der Waals surface area contributed by atoms with Gasteiger partial charge in [0.25, 0.3) is 5.91 Å². The van der Waals surface area contributed by atoms with Gasteiger partial charge in [0.15, 0.2) is 0 Å². The summed E-state index contributed by atoms with van der Waals surface area (Å²) in [5, 5.41) is 2.98. The molecule has 2 aliphatic heterocycles. The van der Waals surface area contributed by atoms with E-state index in [0.29, 0.717) is 30.8 Å². The molecule has 2 heterocycles. The predicted molar refractivity (Wildman–Crippen MR) is 119 cm³/mol. The van der Waals surface area contributed by atoms with Gasteiger partial charge in [-0.25, -0.2) is 8.42 Å². The number of hydrogen-bond acceptors (Lipinski definition) is 4. The first-order chi connectivity index (χ1) is 14.5. The Labute approximate surface area is 178 Å². The minimum Gasteiger partial charge on any atom is -0.352 e. The molecule has 0 radical (unpaired) electrons. The maximum Gasteiger partial charge on any atom is 0.251 e. The van der Waals surface area contributed by atoms with Crippen LogP contribution in [-0.2, 0) is 23.0 Å². The summed E-state index contributed by atoms with van der Waals surface area (Å²) in [5.74, 6) is 0.0738. The van der Waals surface area contributed by atoms with Crippen LogP contribution >= 0.6 is 0 Å². The number of carbonyl (C=O) groups is 1. The van der Waals surface area contributed by atoms with E-state index in [0.717, 1.165) is 38.9 Å². The second-order valence-corrected chi connectivity index (χ2v) is 10.1. The number of nitrogens with one attached hydrogen (secondary N) is 1. The lowest BCUT2D eigenvalue weighted by molar-refractivity contribution is 0.0951. The fraction of sp³-hybridized carbons (Fsp3) is 0.435. The Morgan fingerprint density at radius 2 is 1.73 bits per heavy atom. The van der Waals surface area contributed by atoms with E-state index in [9.17, 15) is 13.2 Å². The van der Waals surface area contributed by atoms with Gasteiger partial charge in [0, 0.05) is 38.3 Å². The largest absolute Gasteiger partial charge is 0.352 e. The molecule has 1 fully saturated rings. The average molecular weight is 428 g/mol. The maximum atomic E-state index is 12.4. The summed E-state index contributed by atoms with van der Waals surface area (Å²) in [4.78, 5) is 14.9. The first kappa shape index (κ1) is 20.9. The van der Waals surface area contributed by atoms with Crippen LogP contribution in [0.2, 0.25) is 0 Å². The van der Waals surface area contributed by atoms with Crippen molar-refractivity contribution in [3.05, 3.63) is 65.2 Å². The Kier molecular flexibility index (Phi) is 6.39. The van der Waals surface area contributed by atoms with E-state index in [2.05, 4.69) is 34.5 Å². The quantitative estimate of drug-likeness (QED) is 0.720. The molecular formula is C23H29N3O3S. The van der Waals surface area contributed by atoms with Crippen LogP contribution in [0.5, 0.6) is 0 Å². The normalized spacial score (nSPS) is 18.6. The molecule has 0 unspecified atom stereocenters. The SMILES string of the molecule is O=C(NCCCN1CCc2ccccc2C1)c1ccc(N2CCCCS2(=O)=O)cc1. The Morgan fingerprint density at radius 3 is 2.50 bits per heavy atom. The highest BCUT2D eigenvalue weighted by Gasteiger charge is 2.26. The van der Waals surface area contributed by atoms with Gasteiger partial charge in [0.2, 0.25) is 10.0 Å². The number of nitrogens with zero attached hydrogens (tertiary/aromatic N) is 2. The minimum atomic E-state index is -3.23. The fourth-order valence-corrected chi connectivity index (χ4v) is 5.85. The van der Waals surface area contributed by atoms with Crippen molar-refractivity contribution in [2.24, 2.45) is 0 Å². The van der Waals surface area contributed by atoms with E-state index >= 15 is 0 Å². The number of carbonyl (C=O) groups excluding carboxylic acids is 1. The highest BCUT2D eigenvalue weighted by Crippen LogP contribution is 2.24. The van der Waals surface area contributed by atoms with Crippen molar-refractivity contribution >= 4 is 21.6 Å². The maximum absolute atomic E-state index is 12.4. The Hall–Kier alpha value is -2.38. The lowest BCUT2D eigenvalue weighted by Gasteiger charge is -2.28. The second kappa shape index (κ2) is 9.18. The van der Waals surface area contributed by atoms with Crippen molar-refractivity contribution in [2.45, 2.75) is 32.2 Å². The summed E-state index contributed by atoms with van der Waals surface area (Å²) < 4.78 is 25.9. The Bertz CT molecular complexity index is 989. The van der Waals surface area contributed by atoms with E-state index in [1.165, 1.54) is 15.4 Å². The lowest BCUT2D eigenvalue weighted by Crippen LogP contribution is -2.37. The molecule has 1 saturated heterocycles. The van der Waals surface area contributed by atoms with E-state index in [1.54, 1.807) is 24.3 Å². The molecule has 2 aromatic rings. The number of sulfonamides is 1. The van der Waals surface area contributed by atoms with Gasteiger partial charge in [0.05, 0.1) is 11.4 Å². The molecule has 0 saturated carbocycles. The molecule has 0 spiro atoms. The summed E-state index contributed by atoms with van der Waals surface area (Å²) in [6.45, 7) is 4.13. The molecule has 1 N–H and O–H groups in total. The molecule has 0 atom stereocenters. The van der Waals surface area contributed by atoms with Gasteiger partial charge in [-0.2, -0.15) is 0 Å². The molecular weight excluding hydrogens is 398 g/mol. The van der Waals surface area contributed by atoms with E-state index < -0.39 is 10.0 Å². The van der Waals surface area contributed by atoms with Gasteiger partial charge in [-0.3, -0.25) is 14.0 Å². The third kappa shape index (κ3) is 4.84. The number of amides is 1. The van der Waals surface area contributed by atoms with Crippen molar-refractivity contribution in [3.8, 4) is 0 Å². The van der Waals surface area contributed by atoms with Gasteiger partial charge in [-0.1, -0.05) is 24.3 Å². The van der Waals surface area contributed by atoms with Gasteiger partial charge < -0.3 is 5.32 Å². The van der Waals surface area contributed by atoms with E-state index in [1.807, 2.05) is 0 Å².